The summed E-state index contributed by atoms with van der Waals surface area (Å²) in [6.45, 7) is 3.03. The summed E-state index contributed by atoms with van der Waals surface area (Å²) < 4.78 is 45.7. The molecule has 0 aromatic heterocycles. The molecule has 0 radical (unpaired) electrons. The van der Waals surface area contributed by atoms with E-state index in [0.29, 0.717) is 12.5 Å². The third-order valence-corrected chi connectivity index (χ3v) is 6.83. The van der Waals surface area contributed by atoms with Gasteiger partial charge in [0.25, 0.3) is 5.91 Å². The molecule has 37 heavy (non-hydrogen) atoms. The molecule has 2 aliphatic heterocycles. The molecule has 2 aromatic rings. The van der Waals surface area contributed by atoms with Crippen molar-refractivity contribution in [2.24, 2.45) is 0 Å². The van der Waals surface area contributed by atoms with Crippen LogP contribution in [-0.4, -0.2) is 56.7 Å². The van der Waals surface area contributed by atoms with E-state index >= 15 is 0 Å². The van der Waals surface area contributed by atoms with Gasteiger partial charge in [0.1, 0.15) is 5.82 Å². The van der Waals surface area contributed by atoms with Crippen LogP contribution in [0.15, 0.2) is 53.7 Å². The summed E-state index contributed by atoms with van der Waals surface area (Å²) in [6.07, 6.45) is 2.70. The second-order valence-electron chi connectivity index (χ2n) is 9.31. The fourth-order valence-corrected chi connectivity index (χ4v) is 4.91. The van der Waals surface area contributed by atoms with Crippen LogP contribution in [0, 0.1) is 17.5 Å². The first-order chi connectivity index (χ1) is 17.9. The smallest absolute Gasteiger partial charge is 0.319 e. The zero-order valence-electron chi connectivity index (χ0n) is 20.7. The second kappa shape index (κ2) is 12.2. The number of nitrogens with zero attached hydrogens (tertiary/aromatic N) is 1. The van der Waals surface area contributed by atoms with Gasteiger partial charge in [-0.25, -0.2) is 18.0 Å². The van der Waals surface area contributed by atoms with E-state index in [1.807, 2.05) is 12.1 Å². The molecule has 0 bridgehead atoms. The molecule has 2 aromatic carbocycles. The Morgan fingerprint density at radius 2 is 1.76 bits per heavy atom. The number of carbonyl (C=O) groups is 2. The number of carbonyl (C=O) groups excluding carboxylic acids is 2. The second-order valence-corrected chi connectivity index (χ2v) is 9.31. The fraction of sp³-hybridized carbons (Fsp3) is 0.407. The minimum absolute atomic E-state index is 0.0284. The normalized spacial score (nSPS) is 18.9. The Morgan fingerprint density at radius 1 is 1.05 bits per heavy atom. The van der Waals surface area contributed by atoms with E-state index in [-0.39, 0.29) is 29.3 Å². The number of amides is 3. The molecule has 2 heterocycles. The predicted octanol–water partition coefficient (Wildman–Crippen LogP) is 3.74. The Labute approximate surface area is 214 Å². The van der Waals surface area contributed by atoms with Crippen molar-refractivity contribution in [1.82, 2.24) is 20.9 Å². The lowest BCUT2D eigenvalue weighted by atomic mass is 9.89. The molecule has 1 saturated heterocycles. The van der Waals surface area contributed by atoms with Crippen LogP contribution in [0.2, 0.25) is 0 Å². The van der Waals surface area contributed by atoms with Gasteiger partial charge >= 0.3 is 6.03 Å². The number of likely N-dealkylation sites (tertiary alicyclic amines) is 1. The van der Waals surface area contributed by atoms with Gasteiger partial charge in [0.15, 0.2) is 11.6 Å². The number of benzene rings is 2. The highest BCUT2D eigenvalue weighted by Gasteiger charge is 2.33. The first-order valence-corrected chi connectivity index (χ1v) is 12.4. The summed E-state index contributed by atoms with van der Waals surface area (Å²) in [4.78, 5) is 27.7. The van der Waals surface area contributed by atoms with E-state index in [9.17, 15) is 22.8 Å². The Bertz CT molecular complexity index is 1150. The van der Waals surface area contributed by atoms with E-state index in [2.05, 4.69) is 20.9 Å². The van der Waals surface area contributed by atoms with Crippen LogP contribution in [-0.2, 0) is 9.53 Å². The third-order valence-electron chi connectivity index (χ3n) is 6.83. The standard InChI is InChI=1S/C27H31F3N4O3/c1-37-16-23-24(25(33-27(36)32-23)19-5-8-21(29)22(30)15-19)26(35)31-11-2-12-34-13-9-18(10-14-34)17-3-6-20(28)7-4-17/h3-8,15,18,25H,2,9-14,16H2,1H3,(H,31,35)(H2,32,33,36). The van der Waals surface area contributed by atoms with Gasteiger partial charge in [0.2, 0.25) is 0 Å². The van der Waals surface area contributed by atoms with Crippen molar-refractivity contribution >= 4 is 11.9 Å². The maximum Gasteiger partial charge on any atom is 0.319 e. The van der Waals surface area contributed by atoms with Gasteiger partial charge < -0.3 is 25.6 Å². The lowest BCUT2D eigenvalue weighted by molar-refractivity contribution is -0.118. The topological polar surface area (TPSA) is 82.7 Å². The molecule has 3 amide bonds. The van der Waals surface area contributed by atoms with Crippen LogP contribution in [0.3, 0.4) is 0 Å². The first kappa shape index (κ1) is 26.7. The van der Waals surface area contributed by atoms with Crippen molar-refractivity contribution in [1.29, 1.82) is 0 Å². The average molecular weight is 517 g/mol. The highest BCUT2D eigenvalue weighted by molar-refractivity contribution is 5.98. The quantitative estimate of drug-likeness (QED) is 0.444. The van der Waals surface area contributed by atoms with Gasteiger partial charge in [-0.05, 0) is 80.2 Å². The SMILES string of the molecule is COCC1=C(C(=O)NCCCN2CCC(c3ccc(F)cc3)CC2)C(c2ccc(F)c(F)c2)NC(=O)N1. The fourth-order valence-electron chi connectivity index (χ4n) is 4.91. The van der Waals surface area contributed by atoms with E-state index in [1.54, 1.807) is 0 Å². The number of ether oxygens (including phenoxy) is 1. The van der Waals surface area contributed by atoms with E-state index < -0.39 is 29.6 Å². The van der Waals surface area contributed by atoms with Crippen molar-refractivity contribution in [3.8, 4) is 0 Å². The molecule has 198 valence electrons. The summed E-state index contributed by atoms with van der Waals surface area (Å²) in [6, 6.07) is 8.46. The van der Waals surface area contributed by atoms with Crippen LogP contribution in [0.5, 0.6) is 0 Å². The van der Waals surface area contributed by atoms with Crippen LogP contribution < -0.4 is 16.0 Å². The monoisotopic (exact) mass is 516 g/mol. The number of hydrogen-bond acceptors (Lipinski definition) is 4. The van der Waals surface area contributed by atoms with E-state index in [1.165, 1.54) is 25.3 Å². The average Bonchev–Trinajstić information content (AvgIpc) is 2.89. The number of rotatable bonds is 9. The van der Waals surface area contributed by atoms with Crippen LogP contribution in [0.1, 0.15) is 42.3 Å². The molecule has 2 aliphatic rings. The van der Waals surface area contributed by atoms with Crippen molar-refractivity contribution in [2.45, 2.75) is 31.2 Å². The molecule has 10 heteroatoms. The number of piperidine rings is 1. The van der Waals surface area contributed by atoms with Crippen molar-refractivity contribution in [3.63, 3.8) is 0 Å². The van der Waals surface area contributed by atoms with Crippen molar-refractivity contribution < 1.29 is 27.5 Å². The molecule has 3 N–H and O–H groups in total. The third kappa shape index (κ3) is 6.69. The zero-order valence-corrected chi connectivity index (χ0v) is 20.7. The van der Waals surface area contributed by atoms with Gasteiger partial charge in [-0.1, -0.05) is 18.2 Å². The largest absolute Gasteiger partial charge is 0.378 e. The zero-order chi connectivity index (χ0) is 26.4. The molecule has 1 atom stereocenters. The van der Waals surface area contributed by atoms with Crippen molar-refractivity contribution in [2.75, 3.05) is 39.9 Å². The maximum atomic E-state index is 13.9. The minimum atomic E-state index is -1.07. The molecular weight excluding hydrogens is 485 g/mol. The Hall–Kier alpha value is -3.37. The summed E-state index contributed by atoms with van der Waals surface area (Å²) in [5.41, 5.74) is 1.86. The van der Waals surface area contributed by atoms with Gasteiger partial charge in [-0.3, -0.25) is 4.79 Å². The number of methoxy groups -OCH3 is 1. The highest BCUT2D eigenvalue weighted by Crippen LogP contribution is 2.29. The van der Waals surface area contributed by atoms with E-state index in [4.69, 9.17) is 4.74 Å². The molecule has 4 rings (SSSR count). The predicted molar refractivity (Wildman–Crippen MR) is 132 cm³/mol. The molecule has 7 nitrogen and oxygen atoms in total. The lowest BCUT2D eigenvalue weighted by Crippen LogP contribution is -2.48. The number of nitrogens with one attached hydrogen (secondary N) is 3. The van der Waals surface area contributed by atoms with Gasteiger partial charge in [0.05, 0.1) is 23.9 Å². The number of urea groups is 1. The van der Waals surface area contributed by atoms with E-state index in [0.717, 1.165) is 56.6 Å². The van der Waals surface area contributed by atoms with Gasteiger partial charge in [0, 0.05) is 13.7 Å². The molecule has 1 unspecified atom stereocenters. The number of hydrogen-bond donors (Lipinski definition) is 3. The summed E-state index contributed by atoms with van der Waals surface area (Å²) >= 11 is 0. The summed E-state index contributed by atoms with van der Waals surface area (Å²) in [7, 11) is 1.43. The van der Waals surface area contributed by atoms with Crippen LogP contribution in [0.4, 0.5) is 18.0 Å². The minimum Gasteiger partial charge on any atom is -0.378 e. The van der Waals surface area contributed by atoms with Gasteiger partial charge in [-0.2, -0.15) is 0 Å². The summed E-state index contributed by atoms with van der Waals surface area (Å²) in [5.74, 6) is -2.32. The molecule has 0 saturated carbocycles. The van der Waals surface area contributed by atoms with Crippen LogP contribution >= 0.6 is 0 Å². The van der Waals surface area contributed by atoms with Gasteiger partial charge in [-0.15, -0.1) is 0 Å². The molecule has 0 aliphatic carbocycles. The Morgan fingerprint density at radius 3 is 2.43 bits per heavy atom. The Balaban J connectivity index is 1.33. The first-order valence-electron chi connectivity index (χ1n) is 12.4. The Kier molecular flexibility index (Phi) is 8.83. The maximum absolute atomic E-state index is 13.9. The lowest BCUT2D eigenvalue weighted by Gasteiger charge is -2.32. The highest BCUT2D eigenvalue weighted by atomic mass is 19.2. The summed E-state index contributed by atoms with van der Waals surface area (Å²) in [5, 5.41) is 8.09. The van der Waals surface area contributed by atoms with Crippen LogP contribution in [0.25, 0.3) is 0 Å². The molecule has 0 spiro atoms. The molecule has 1 fully saturated rings. The molecular formula is C27H31F3N4O3. The number of halogens is 3. The van der Waals surface area contributed by atoms with Crippen molar-refractivity contribution in [3.05, 3.63) is 82.3 Å².